The zero-order chi connectivity index (χ0) is 17.5. The Kier molecular flexibility index (Phi) is 6.17. The van der Waals surface area contributed by atoms with Gasteiger partial charge in [-0.2, -0.15) is 17.6 Å². The van der Waals surface area contributed by atoms with Crippen LogP contribution in [-0.2, 0) is 6.42 Å². The normalized spacial score (nSPS) is 10.9. The third-order valence-electron chi connectivity index (χ3n) is 3.18. The van der Waals surface area contributed by atoms with Crippen molar-refractivity contribution >= 4 is 5.78 Å². The highest BCUT2D eigenvalue weighted by molar-refractivity contribution is 5.96. The minimum Gasteiger partial charge on any atom is -0.431 e. The van der Waals surface area contributed by atoms with Gasteiger partial charge in [-0.25, -0.2) is 0 Å². The summed E-state index contributed by atoms with van der Waals surface area (Å²) in [7, 11) is 0. The topological polar surface area (TPSA) is 35.5 Å². The Morgan fingerprint density at radius 1 is 0.875 bits per heavy atom. The third kappa shape index (κ3) is 5.26. The number of hydrogen-bond donors (Lipinski definition) is 0. The van der Waals surface area contributed by atoms with Crippen molar-refractivity contribution in [3.63, 3.8) is 0 Å². The summed E-state index contributed by atoms with van der Waals surface area (Å²) in [5.41, 5.74) is 1.04. The van der Waals surface area contributed by atoms with Gasteiger partial charge in [-0.15, -0.1) is 0 Å². The van der Waals surface area contributed by atoms with E-state index in [9.17, 15) is 22.4 Å². The van der Waals surface area contributed by atoms with Gasteiger partial charge in [0, 0.05) is 12.0 Å². The van der Waals surface area contributed by atoms with Crippen LogP contribution >= 0.6 is 0 Å². The lowest BCUT2D eigenvalue weighted by atomic mass is 10.0. The molecule has 128 valence electrons. The maximum atomic E-state index is 12.4. The summed E-state index contributed by atoms with van der Waals surface area (Å²) in [6, 6.07) is 12.5. The molecular formula is C17H14F4O3. The van der Waals surface area contributed by atoms with E-state index in [2.05, 4.69) is 9.47 Å². The Morgan fingerprint density at radius 2 is 1.50 bits per heavy atom. The maximum Gasteiger partial charge on any atom is 0.387 e. The summed E-state index contributed by atoms with van der Waals surface area (Å²) >= 11 is 0. The van der Waals surface area contributed by atoms with Crippen molar-refractivity contribution in [2.75, 3.05) is 0 Å². The number of benzene rings is 2. The van der Waals surface area contributed by atoms with E-state index in [1.54, 1.807) is 0 Å². The zero-order valence-electron chi connectivity index (χ0n) is 12.4. The fourth-order valence-corrected chi connectivity index (χ4v) is 2.11. The predicted octanol–water partition coefficient (Wildman–Crippen LogP) is 4.70. The van der Waals surface area contributed by atoms with Gasteiger partial charge in [-0.3, -0.25) is 4.79 Å². The molecule has 2 aromatic rings. The van der Waals surface area contributed by atoms with E-state index in [0.717, 1.165) is 17.7 Å². The van der Waals surface area contributed by atoms with Gasteiger partial charge >= 0.3 is 13.2 Å². The van der Waals surface area contributed by atoms with Crippen LogP contribution in [0, 0.1) is 0 Å². The highest BCUT2D eigenvalue weighted by atomic mass is 19.3. The van der Waals surface area contributed by atoms with Gasteiger partial charge in [-0.05, 0) is 30.2 Å². The van der Waals surface area contributed by atoms with Crippen molar-refractivity contribution in [3.05, 3.63) is 59.7 Å². The molecule has 0 spiro atoms. The first kappa shape index (κ1) is 17.8. The smallest absolute Gasteiger partial charge is 0.387 e. The maximum absolute atomic E-state index is 12.4. The molecule has 0 unspecified atom stereocenters. The molecule has 2 aromatic carbocycles. The van der Waals surface area contributed by atoms with Crippen molar-refractivity contribution in [1.29, 1.82) is 0 Å². The fourth-order valence-electron chi connectivity index (χ4n) is 2.11. The molecule has 0 aliphatic rings. The second kappa shape index (κ2) is 8.33. The molecule has 24 heavy (non-hydrogen) atoms. The summed E-state index contributed by atoms with van der Waals surface area (Å²) in [6.07, 6.45) is 0.618. The molecule has 0 radical (unpaired) electrons. The predicted molar refractivity (Wildman–Crippen MR) is 78.8 cm³/mol. The van der Waals surface area contributed by atoms with Gasteiger partial charge in [0.1, 0.15) is 0 Å². The highest BCUT2D eigenvalue weighted by Gasteiger charge is 2.17. The number of halogens is 4. The highest BCUT2D eigenvalue weighted by Crippen LogP contribution is 2.31. The van der Waals surface area contributed by atoms with Crippen LogP contribution in [0.25, 0.3) is 0 Å². The average molecular weight is 342 g/mol. The Hall–Kier alpha value is -2.57. The monoisotopic (exact) mass is 342 g/mol. The number of carbonyl (C=O) groups is 1. The van der Waals surface area contributed by atoms with Crippen molar-refractivity contribution in [3.8, 4) is 11.5 Å². The lowest BCUT2D eigenvalue weighted by molar-refractivity contribution is -0.0692. The van der Waals surface area contributed by atoms with Crippen LogP contribution < -0.4 is 9.47 Å². The summed E-state index contributed by atoms with van der Waals surface area (Å²) < 4.78 is 57.6. The van der Waals surface area contributed by atoms with E-state index in [1.807, 2.05) is 30.3 Å². The van der Waals surface area contributed by atoms with Crippen molar-refractivity contribution in [2.45, 2.75) is 26.1 Å². The van der Waals surface area contributed by atoms with Crippen molar-refractivity contribution in [1.82, 2.24) is 0 Å². The number of hydrogen-bond acceptors (Lipinski definition) is 3. The van der Waals surface area contributed by atoms with E-state index in [-0.39, 0.29) is 17.8 Å². The first-order chi connectivity index (χ1) is 11.5. The Bertz CT molecular complexity index is 675. The Labute approximate surface area is 135 Å². The van der Waals surface area contributed by atoms with Crippen molar-refractivity contribution in [2.24, 2.45) is 0 Å². The van der Waals surface area contributed by atoms with Gasteiger partial charge in [0.05, 0.1) is 0 Å². The van der Waals surface area contributed by atoms with Gasteiger partial charge in [-0.1, -0.05) is 30.3 Å². The van der Waals surface area contributed by atoms with E-state index in [0.29, 0.717) is 6.42 Å². The van der Waals surface area contributed by atoms with Crippen LogP contribution in [0.4, 0.5) is 17.6 Å². The van der Waals surface area contributed by atoms with Crippen LogP contribution in [0.3, 0.4) is 0 Å². The largest absolute Gasteiger partial charge is 0.431 e. The number of carbonyl (C=O) groups excluding carboxylic acids is 1. The SMILES string of the molecule is O=C(CCc1ccccc1)c1ccc(OC(F)F)c(OC(F)F)c1. The molecule has 0 saturated heterocycles. The standard InChI is InChI=1S/C17H14F4O3/c18-16(19)23-14-9-7-12(10-15(14)24-17(20)21)13(22)8-6-11-4-2-1-3-5-11/h1-5,7,9-10,16-17H,6,8H2. The Morgan fingerprint density at radius 3 is 2.12 bits per heavy atom. The first-order valence-corrected chi connectivity index (χ1v) is 7.06. The number of ketones is 1. The van der Waals surface area contributed by atoms with Gasteiger partial charge in [0.25, 0.3) is 0 Å². The van der Waals surface area contributed by atoms with Gasteiger partial charge in [0.15, 0.2) is 17.3 Å². The summed E-state index contributed by atoms with van der Waals surface area (Å²) in [5, 5.41) is 0. The number of ether oxygens (including phenoxy) is 2. The van der Waals surface area contributed by atoms with Gasteiger partial charge in [0.2, 0.25) is 0 Å². The third-order valence-corrected chi connectivity index (χ3v) is 3.18. The molecule has 0 aliphatic heterocycles. The summed E-state index contributed by atoms with van der Waals surface area (Å²) in [5.74, 6) is -1.47. The molecule has 0 amide bonds. The molecule has 2 rings (SSSR count). The first-order valence-electron chi connectivity index (χ1n) is 7.06. The summed E-state index contributed by atoms with van der Waals surface area (Å²) in [6.45, 7) is -6.41. The molecule has 0 heterocycles. The van der Waals surface area contributed by atoms with Crippen LogP contribution in [0.1, 0.15) is 22.3 Å². The molecule has 0 saturated carbocycles. The van der Waals surface area contributed by atoms with Crippen LogP contribution in [0.5, 0.6) is 11.5 Å². The second-order valence-electron chi connectivity index (χ2n) is 4.83. The van der Waals surface area contributed by atoms with Gasteiger partial charge < -0.3 is 9.47 Å². The summed E-state index contributed by atoms with van der Waals surface area (Å²) in [4.78, 5) is 12.2. The quantitative estimate of drug-likeness (QED) is 0.515. The molecular weight excluding hydrogens is 328 g/mol. The van der Waals surface area contributed by atoms with E-state index >= 15 is 0 Å². The van der Waals surface area contributed by atoms with Crippen molar-refractivity contribution < 1.29 is 31.8 Å². The van der Waals surface area contributed by atoms with E-state index in [4.69, 9.17) is 0 Å². The fraction of sp³-hybridized carbons (Fsp3) is 0.235. The van der Waals surface area contributed by atoms with Crippen LogP contribution in [0.2, 0.25) is 0 Å². The number of rotatable bonds is 8. The van der Waals surface area contributed by atoms with Crippen LogP contribution in [0.15, 0.2) is 48.5 Å². The average Bonchev–Trinajstić information content (AvgIpc) is 2.54. The van der Waals surface area contributed by atoms with E-state index in [1.165, 1.54) is 6.07 Å². The number of Topliss-reactive ketones (excluding diaryl/α,β-unsaturated/α-hetero) is 1. The number of alkyl halides is 4. The molecule has 0 atom stereocenters. The molecule has 0 aromatic heterocycles. The minimum absolute atomic E-state index is 0.0863. The molecule has 3 nitrogen and oxygen atoms in total. The van der Waals surface area contributed by atoms with E-state index < -0.39 is 24.7 Å². The molecule has 0 bridgehead atoms. The second-order valence-corrected chi connectivity index (χ2v) is 4.83. The van der Waals surface area contributed by atoms with Crippen LogP contribution in [-0.4, -0.2) is 19.0 Å². The zero-order valence-corrected chi connectivity index (χ0v) is 12.4. The molecule has 0 fully saturated rings. The molecule has 7 heteroatoms. The lowest BCUT2D eigenvalue weighted by Crippen LogP contribution is -2.09. The lowest BCUT2D eigenvalue weighted by Gasteiger charge is -2.12. The molecule has 0 N–H and O–H groups in total. The number of aryl methyl sites for hydroxylation is 1. The molecule has 0 aliphatic carbocycles. The Balaban J connectivity index is 2.12. The minimum atomic E-state index is -3.22.